The summed E-state index contributed by atoms with van der Waals surface area (Å²) in [6.45, 7) is -1.74. The van der Waals surface area contributed by atoms with Crippen LogP contribution in [0.15, 0.2) is 42.5 Å². The number of ether oxygens (including phenoxy) is 1. The summed E-state index contributed by atoms with van der Waals surface area (Å²) in [4.78, 5) is 0.740. The zero-order valence-corrected chi connectivity index (χ0v) is 14.8. The van der Waals surface area contributed by atoms with Crippen LogP contribution in [0.4, 0.5) is 36.4 Å². The van der Waals surface area contributed by atoms with Crippen molar-refractivity contribution in [3.63, 3.8) is 0 Å². The Bertz CT molecular complexity index is 855. The highest BCUT2D eigenvalue weighted by molar-refractivity contribution is 5.55. The van der Waals surface area contributed by atoms with E-state index in [9.17, 15) is 30.7 Å². The third-order valence-corrected chi connectivity index (χ3v) is 3.82. The van der Waals surface area contributed by atoms with Crippen molar-refractivity contribution in [2.75, 3.05) is 24.6 Å². The van der Waals surface area contributed by atoms with Crippen molar-refractivity contribution in [3.8, 4) is 11.8 Å². The molecule has 0 saturated heterocycles. The van der Waals surface area contributed by atoms with Crippen molar-refractivity contribution < 1.29 is 35.5 Å². The molecule has 0 aliphatic rings. The molecule has 0 fully saturated rings. The van der Waals surface area contributed by atoms with E-state index in [1.54, 1.807) is 0 Å². The molecule has 3 nitrogen and oxygen atoms in total. The van der Waals surface area contributed by atoms with Crippen LogP contribution >= 0.6 is 0 Å². The van der Waals surface area contributed by atoms with Gasteiger partial charge < -0.3 is 9.64 Å². The molecule has 2 aromatic carbocycles. The second-order valence-corrected chi connectivity index (χ2v) is 6.03. The molecule has 0 aromatic heterocycles. The molecule has 0 spiro atoms. The number of anilines is 1. The van der Waals surface area contributed by atoms with Crippen LogP contribution in [0.25, 0.3) is 0 Å². The summed E-state index contributed by atoms with van der Waals surface area (Å²) < 4.78 is 96.1. The number of benzene rings is 2. The number of rotatable bonds is 7. The van der Waals surface area contributed by atoms with Gasteiger partial charge in [0.25, 0.3) is 0 Å². The van der Waals surface area contributed by atoms with Crippen molar-refractivity contribution >= 4 is 5.69 Å². The van der Waals surface area contributed by atoms with Crippen molar-refractivity contribution in [2.24, 2.45) is 0 Å². The zero-order valence-electron chi connectivity index (χ0n) is 14.8. The molecule has 0 atom stereocenters. The molecule has 0 amide bonds. The minimum absolute atomic E-state index is 0.0254. The molecular weight excluding hydrogens is 405 g/mol. The molecule has 10 heteroatoms. The van der Waals surface area contributed by atoms with Crippen molar-refractivity contribution in [3.05, 3.63) is 59.4 Å². The Balaban J connectivity index is 2.13. The molecule has 2 rings (SSSR count). The minimum Gasteiger partial charge on any atom is -0.494 e. The predicted octanol–water partition coefficient (Wildman–Crippen LogP) is 5.55. The van der Waals surface area contributed by atoms with E-state index in [1.807, 2.05) is 0 Å². The average molecular weight is 420 g/mol. The number of halogens is 7. The fourth-order valence-electron chi connectivity index (χ4n) is 2.55. The summed E-state index contributed by atoms with van der Waals surface area (Å²) in [6, 6.07) is 8.80. The Hall–Kier alpha value is -2.96. The molecule has 156 valence electrons. The standard InChI is InChI=1S/C19H15F7N2O/c20-14-3-6-16(7-4-14)29-9-1-8-28(12-18(21,22)23)15-5-2-13(11-27)17(10-15)19(24,25)26/h2-7,10H,1,8-9,12H2. The number of nitriles is 1. The molecule has 29 heavy (non-hydrogen) atoms. The highest BCUT2D eigenvalue weighted by Crippen LogP contribution is 2.35. The summed E-state index contributed by atoms with van der Waals surface area (Å²) in [7, 11) is 0. The summed E-state index contributed by atoms with van der Waals surface area (Å²) in [5, 5.41) is 8.81. The first-order chi connectivity index (χ1) is 13.5. The van der Waals surface area contributed by atoms with Gasteiger partial charge >= 0.3 is 12.4 Å². The van der Waals surface area contributed by atoms with Gasteiger partial charge in [0.05, 0.1) is 23.8 Å². The van der Waals surface area contributed by atoms with Gasteiger partial charge in [-0.3, -0.25) is 0 Å². The van der Waals surface area contributed by atoms with Crippen LogP contribution in [-0.2, 0) is 6.18 Å². The maximum atomic E-state index is 13.1. The molecule has 0 N–H and O–H groups in total. The van der Waals surface area contributed by atoms with E-state index in [0.29, 0.717) is 11.8 Å². The molecule has 0 radical (unpaired) electrons. The SMILES string of the molecule is N#Cc1ccc(N(CCCOc2ccc(F)cc2)CC(F)(F)F)cc1C(F)(F)F. The predicted molar refractivity (Wildman–Crippen MR) is 90.9 cm³/mol. The Morgan fingerprint density at radius 1 is 0.966 bits per heavy atom. The monoisotopic (exact) mass is 420 g/mol. The van der Waals surface area contributed by atoms with Crippen molar-refractivity contribution in [1.29, 1.82) is 5.26 Å². The molecule has 0 heterocycles. The van der Waals surface area contributed by atoms with Gasteiger partial charge in [-0.1, -0.05) is 0 Å². The number of nitrogens with zero attached hydrogens (tertiary/aromatic N) is 2. The van der Waals surface area contributed by atoms with Crippen LogP contribution in [0.5, 0.6) is 5.75 Å². The molecule has 0 aliphatic carbocycles. The largest absolute Gasteiger partial charge is 0.494 e. The van der Waals surface area contributed by atoms with Gasteiger partial charge in [-0.15, -0.1) is 0 Å². The third-order valence-electron chi connectivity index (χ3n) is 3.82. The molecule has 0 aliphatic heterocycles. The first kappa shape index (κ1) is 22.3. The quantitative estimate of drug-likeness (QED) is 0.435. The average Bonchev–Trinajstić information content (AvgIpc) is 2.63. The first-order valence-corrected chi connectivity index (χ1v) is 8.31. The van der Waals surface area contributed by atoms with E-state index in [2.05, 4.69) is 0 Å². The molecule has 0 saturated carbocycles. The molecular formula is C19H15F7N2O. The Morgan fingerprint density at radius 3 is 2.17 bits per heavy atom. The second-order valence-electron chi connectivity index (χ2n) is 6.03. The maximum absolute atomic E-state index is 13.1. The lowest BCUT2D eigenvalue weighted by Crippen LogP contribution is -2.35. The summed E-state index contributed by atoms with van der Waals surface area (Å²) in [5.41, 5.74) is -2.28. The summed E-state index contributed by atoms with van der Waals surface area (Å²) in [5.74, 6) is -0.165. The topological polar surface area (TPSA) is 36.3 Å². The van der Waals surface area contributed by atoms with Gasteiger partial charge in [0, 0.05) is 12.2 Å². The second kappa shape index (κ2) is 9.03. The summed E-state index contributed by atoms with van der Waals surface area (Å²) in [6.07, 6.45) is -9.46. The van der Waals surface area contributed by atoms with Gasteiger partial charge in [-0.05, 0) is 48.9 Å². The van der Waals surface area contributed by atoms with Crippen LogP contribution in [-0.4, -0.2) is 25.9 Å². The molecule has 0 bridgehead atoms. The summed E-state index contributed by atoms with van der Waals surface area (Å²) >= 11 is 0. The smallest absolute Gasteiger partial charge is 0.417 e. The Kier molecular flexibility index (Phi) is 6.95. The van der Waals surface area contributed by atoms with Crippen LogP contribution in [0.3, 0.4) is 0 Å². The normalized spacial score (nSPS) is 11.8. The highest BCUT2D eigenvalue weighted by atomic mass is 19.4. The van der Waals surface area contributed by atoms with E-state index in [4.69, 9.17) is 10.00 Å². The van der Waals surface area contributed by atoms with Crippen molar-refractivity contribution in [1.82, 2.24) is 0 Å². The number of hydrogen-bond donors (Lipinski definition) is 0. The lowest BCUT2D eigenvalue weighted by molar-refractivity contribution is -0.137. The van der Waals surface area contributed by atoms with E-state index < -0.39 is 35.8 Å². The highest BCUT2D eigenvalue weighted by Gasteiger charge is 2.35. The first-order valence-electron chi connectivity index (χ1n) is 8.31. The zero-order chi connectivity index (χ0) is 21.7. The van der Waals surface area contributed by atoms with Gasteiger partial charge in [-0.2, -0.15) is 31.6 Å². The van der Waals surface area contributed by atoms with Crippen LogP contribution in [0, 0.1) is 17.1 Å². The van der Waals surface area contributed by atoms with Gasteiger partial charge in [0.15, 0.2) is 0 Å². The lowest BCUT2D eigenvalue weighted by atomic mass is 10.1. The fourth-order valence-corrected chi connectivity index (χ4v) is 2.55. The van der Waals surface area contributed by atoms with Crippen LogP contribution < -0.4 is 9.64 Å². The van der Waals surface area contributed by atoms with Crippen molar-refractivity contribution in [2.45, 2.75) is 18.8 Å². The molecule has 2 aromatic rings. The van der Waals surface area contributed by atoms with Crippen LogP contribution in [0.2, 0.25) is 0 Å². The Morgan fingerprint density at radius 2 is 1.62 bits per heavy atom. The van der Waals surface area contributed by atoms with E-state index in [1.165, 1.54) is 18.2 Å². The number of hydrogen-bond acceptors (Lipinski definition) is 3. The Labute approximate surface area is 161 Å². The maximum Gasteiger partial charge on any atom is 0.417 e. The van der Waals surface area contributed by atoms with E-state index in [-0.39, 0.29) is 25.3 Å². The van der Waals surface area contributed by atoms with E-state index in [0.717, 1.165) is 29.2 Å². The van der Waals surface area contributed by atoms with E-state index >= 15 is 0 Å². The number of alkyl halides is 6. The van der Waals surface area contributed by atoms with Gasteiger partial charge in [0.2, 0.25) is 0 Å². The van der Waals surface area contributed by atoms with Crippen LogP contribution in [0.1, 0.15) is 17.5 Å². The van der Waals surface area contributed by atoms with Gasteiger partial charge in [-0.25, -0.2) is 4.39 Å². The minimum atomic E-state index is -4.88. The lowest BCUT2D eigenvalue weighted by Gasteiger charge is -2.27. The third kappa shape index (κ3) is 6.85. The fraction of sp³-hybridized carbons (Fsp3) is 0.316. The molecule has 0 unspecified atom stereocenters. The van der Waals surface area contributed by atoms with Gasteiger partial charge in [0.1, 0.15) is 18.1 Å².